The highest BCUT2D eigenvalue weighted by Gasteiger charge is 2.12. The van der Waals surface area contributed by atoms with E-state index in [4.69, 9.17) is 12.2 Å². The van der Waals surface area contributed by atoms with Crippen molar-refractivity contribution in [3.05, 3.63) is 29.3 Å². The Kier molecular flexibility index (Phi) is 3.96. The van der Waals surface area contributed by atoms with Crippen molar-refractivity contribution in [2.75, 3.05) is 6.26 Å². The van der Waals surface area contributed by atoms with Crippen LogP contribution in [0.15, 0.2) is 18.2 Å². The molecule has 1 nitrogen and oxygen atoms in total. The molecule has 1 aromatic carbocycles. The molecule has 14 heavy (non-hydrogen) atoms. The van der Waals surface area contributed by atoms with E-state index in [1.54, 1.807) is 0 Å². The van der Waals surface area contributed by atoms with Gasteiger partial charge in [0.25, 0.3) is 0 Å². The molecule has 0 aliphatic rings. The third-order valence-corrected chi connectivity index (χ3v) is 3.41. The molecule has 0 bridgehead atoms. The number of phenolic OH excluding ortho intramolecular Hbond substituents is 1. The van der Waals surface area contributed by atoms with Crippen LogP contribution >= 0.6 is 24.0 Å². The molecule has 76 valence electrons. The van der Waals surface area contributed by atoms with Gasteiger partial charge in [-0.1, -0.05) is 38.2 Å². The van der Waals surface area contributed by atoms with Gasteiger partial charge in [-0.15, -0.1) is 11.8 Å². The zero-order chi connectivity index (χ0) is 10.7. The van der Waals surface area contributed by atoms with Crippen molar-refractivity contribution >= 4 is 28.2 Å². The van der Waals surface area contributed by atoms with E-state index in [0.717, 1.165) is 15.3 Å². The van der Waals surface area contributed by atoms with Gasteiger partial charge >= 0.3 is 0 Å². The Bertz CT molecular complexity index is 345. The Morgan fingerprint density at radius 2 is 2.07 bits per heavy atom. The molecule has 0 radical (unpaired) electrons. The van der Waals surface area contributed by atoms with Crippen molar-refractivity contribution in [3.63, 3.8) is 0 Å². The van der Waals surface area contributed by atoms with Crippen LogP contribution in [0.5, 0.6) is 5.75 Å². The van der Waals surface area contributed by atoms with Crippen molar-refractivity contribution < 1.29 is 5.11 Å². The predicted molar refractivity (Wildman–Crippen MR) is 67.4 cm³/mol. The second-order valence-corrected chi connectivity index (χ2v) is 4.87. The minimum Gasteiger partial charge on any atom is -0.507 e. The van der Waals surface area contributed by atoms with Crippen molar-refractivity contribution in [3.8, 4) is 5.75 Å². The van der Waals surface area contributed by atoms with Gasteiger partial charge in [0.2, 0.25) is 0 Å². The molecule has 0 amide bonds. The Labute approximate surface area is 94.5 Å². The number of benzene rings is 1. The molecule has 0 spiro atoms. The average molecular weight is 226 g/mol. The van der Waals surface area contributed by atoms with E-state index in [9.17, 15) is 5.11 Å². The number of aromatic hydroxyl groups is 1. The first-order chi connectivity index (χ1) is 6.57. The number of thioether (sulfide) groups is 1. The molecule has 1 rings (SSSR count). The van der Waals surface area contributed by atoms with Gasteiger partial charge in [-0.25, -0.2) is 0 Å². The van der Waals surface area contributed by atoms with Crippen LogP contribution in [0.25, 0.3) is 0 Å². The molecule has 1 aromatic rings. The second-order valence-electron chi connectivity index (χ2n) is 3.39. The van der Waals surface area contributed by atoms with Crippen molar-refractivity contribution in [1.82, 2.24) is 0 Å². The van der Waals surface area contributed by atoms with E-state index < -0.39 is 0 Å². The molecule has 0 aliphatic heterocycles. The lowest BCUT2D eigenvalue weighted by atomic mass is 10.00. The number of para-hydroxylation sites is 1. The van der Waals surface area contributed by atoms with Crippen LogP contribution in [-0.2, 0) is 0 Å². The van der Waals surface area contributed by atoms with Crippen LogP contribution in [0.1, 0.15) is 30.9 Å². The smallest absolute Gasteiger partial charge is 0.128 e. The van der Waals surface area contributed by atoms with Gasteiger partial charge in [0.15, 0.2) is 0 Å². The maximum Gasteiger partial charge on any atom is 0.128 e. The maximum atomic E-state index is 9.96. The summed E-state index contributed by atoms with van der Waals surface area (Å²) in [6.45, 7) is 4.11. The number of thiocarbonyl (C=S) groups is 1. The van der Waals surface area contributed by atoms with Gasteiger partial charge in [0, 0.05) is 5.56 Å². The highest BCUT2D eigenvalue weighted by molar-refractivity contribution is 8.23. The molecule has 0 saturated heterocycles. The molecular formula is C11H14OS2. The summed E-state index contributed by atoms with van der Waals surface area (Å²) in [5.74, 6) is 0.654. The number of phenols is 1. The van der Waals surface area contributed by atoms with Gasteiger partial charge in [-0.05, 0) is 23.8 Å². The first kappa shape index (κ1) is 11.5. The first-order valence-corrected chi connectivity index (χ1v) is 6.11. The Morgan fingerprint density at radius 3 is 2.57 bits per heavy atom. The molecule has 0 atom stereocenters. The fraction of sp³-hybridized carbons (Fsp3) is 0.364. The number of rotatable bonds is 2. The minimum absolute atomic E-state index is 0.319. The van der Waals surface area contributed by atoms with E-state index in [-0.39, 0.29) is 0 Å². The maximum absolute atomic E-state index is 9.96. The normalized spacial score (nSPS) is 10.6. The zero-order valence-electron chi connectivity index (χ0n) is 8.57. The van der Waals surface area contributed by atoms with E-state index in [2.05, 4.69) is 13.8 Å². The van der Waals surface area contributed by atoms with Crippen LogP contribution in [0, 0.1) is 0 Å². The lowest BCUT2D eigenvalue weighted by Gasteiger charge is -2.11. The summed E-state index contributed by atoms with van der Waals surface area (Å²) in [5.41, 5.74) is 1.73. The summed E-state index contributed by atoms with van der Waals surface area (Å²) in [5, 5.41) is 9.96. The van der Waals surface area contributed by atoms with Crippen molar-refractivity contribution in [2.45, 2.75) is 19.8 Å². The molecule has 0 aromatic heterocycles. The molecule has 0 fully saturated rings. The van der Waals surface area contributed by atoms with Gasteiger partial charge in [0.05, 0.1) is 4.20 Å². The molecule has 0 aliphatic carbocycles. The van der Waals surface area contributed by atoms with Gasteiger partial charge < -0.3 is 5.11 Å². The molecule has 0 unspecified atom stereocenters. The highest BCUT2D eigenvalue weighted by atomic mass is 32.2. The molecule has 0 saturated carbocycles. The summed E-state index contributed by atoms with van der Waals surface area (Å²) >= 11 is 6.64. The van der Waals surface area contributed by atoms with E-state index >= 15 is 0 Å². The van der Waals surface area contributed by atoms with E-state index in [1.807, 2.05) is 24.5 Å². The largest absolute Gasteiger partial charge is 0.507 e. The number of hydrogen-bond donors (Lipinski definition) is 1. The van der Waals surface area contributed by atoms with Gasteiger partial charge in [0.1, 0.15) is 5.75 Å². The minimum atomic E-state index is 0.319. The second kappa shape index (κ2) is 4.80. The van der Waals surface area contributed by atoms with Gasteiger partial charge in [-0.3, -0.25) is 0 Å². The van der Waals surface area contributed by atoms with Crippen LogP contribution < -0.4 is 0 Å². The third kappa shape index (κ3) is 2.28. The zero-order valence-corrected chi connectivity index (χ0v) is 10.2. The van der Waals surface area contributed by atoms with Crippen molar-refractivity contribution in [2.24, 2.45) is 0 Å². The summed E-state index contributed by atoms with van der Waals surface area (Å²) in [7, 11) is 0. The highest BCUT2D eigenvalue weighted by Crippen LogP contribution is 2.30. The van der Waals surface area contributed by atoms with E-state index in [0.29, 0.717) is 11.7 Å². The number of hydrogen-bond acceptors (Lipinski definition) is 3. The third-order valence-electron chi connectivity index (χ3n) is 2.09. The SMILES string of the molecule is CSC(=S)c1cccc(C(C)C)c1O. The van der Waals surface area contributed by atoms with Crippen LogP contribution in [-0.4, -0.2) is 15.6 Å². The first-order valence-electron chi connectivity index (χ1n) is 4.48. The lowest BCUT2D eigenvalue weighted by Crippen LogP contribution is -1.96. The summed E-state index contributed by atoms with van der Waals surface area (Å²) < 4.78 is 0.741. The predicted octanol–water partition coefficient (Wildman–Crippen LogP) is 3.55. The van der Waals surface area contributed by atoms with Crippen molar-refractivity contribution in [1.29, 1.82) is 0 Å². The quantitative estimate of drug-likeness (QED) is 0.779. The Balaban J connectivity index is 3.20. The molecule has 0 heterocycles. The summed E-state index contributed by atoms with van der Waals surface area (Å²) in [6.07, 6.45) is 1.92. The van der Waals surface area contributed by atoms with Crippen LogP contribution in [0.2, 0.25) is 0 Å². The molecular weight excluding hydrogens is 212 g/mol. The summed E-state index contributed by atoms with van der Waals surface area (Å²) in [4.78, 5) is 0. The lowest BCUT2D eigenvalue weighted by molar-refractivity contribution is 0.464. The van der Waals surface area contributed by atoms with E-state index in [1.165, 1.54) is 11.8 Å². The standard InChI is InChI=1S/C11H14OS2/c1-7(2)8-5-4-6-9(10(8)12)11(13)14-3/h4-7,12H,1-3H3. The average Bonchev–Trinajstić information content (AvgIpc) is 2.16. The van der Waals surface area contributed by atoms with Gasteiger partial charge in [-0.2, -0.15) is 0 Å². The topological polar surface area (TPSA) is 20.2 Å². The Morgan fingerprint density at radius 1 is 1.43 bits per heavy atom. The molecule has 1 N–H and O–H groups in total. The summed E-state index contributed by atoms with van der Waals surface area (Å²) in [6, 6.07) is 5.74. The van der Waals surface area contributed by atoms with Crippen LogP contribution in [0.3, 0.4) is 0 Å². The fourth-order valence-corrected chi connectivity index (χ4v) is 1.85. The molecule has 3 heteroatoms. The van der Waals surface area contributed by atoms with Crippen LogP contribution in [0.4, 0.5) is 0 Å². The Hall–Kier alpha value is -0.540. The monoisotopic (exact) mass is 226 g/mol. The fourth-order valence-electron chi connectivity index (χ4n) is 1.30.